The first kappa shape index (κ1) is 10.2. The number of aryl methyl sites for hydroxylation is 1. The molecule has 1 aliphatic rings. The largest absolute Gasteiger partial charge is 0.481 e. The Bertz CT molecular complexity index is 359. The molecule has 1 N–H and O–H groups in total. The van der Waals surface area contributed by atoms with Crippen LogP contribution in [0.1, 0.15) is 37.4 Å². The molecule has 2 unspecified atom stereocenters. The zero-order valence-electron chi connectivity index (χ0n) is 8.89. The van der Waals surface area contributed by atoms with Gasteiger partial charge < -0.3 is 9.67 Å². The summed E-state index contributed by atoms with van der Waals surface area (Å²) in [5.41, 5.74) is 0. The van der Waals surface area contributed by atoms with Crippen LogP contribution in [0, 0.1) is 5.92 Å². The van der Waals surface area contributed by atoms with Gasteiger partial charge in [-0.05, 0) is 12.8 Å². The number of carboxylic acid groups (broad SMARTS) is 1. The van der Waals surface area contributed by atoms with E-state index in [2.05, 4.69) is 4.98 Å². The van der Waals surface area contributed by atoms with E-state index in [1.807, 2.05) is 17.8 Å². The van der Waals surface area contributed by atoms with E-state index in [-0.39, 0.29) is 11.8 Å². The Morgan fingerprint density at radius 1 is 1.53 bits per heavy atom. The molecule has 1 saturated carbocycles. The monoisotopic (exact) mass is 208 g/mol. The average Bonchev–Trinajstić information content (AvgIpc) is 2.64. The van der Waals surface area contributed by atoms with Crippen LogP contribution in [0.15, 0.2) is 12.4 Å². The molecule has 0 amide bonds. The summed E-state index contributed by atoms with van der Waals surface area (Å²) >= 11 is 0. The molecule has 1 heterocycles. The van der Waals surface area contributed by atoms with Gasteiger partial charge in [-0.25, -0.2) is 4.98 Å². The smallest absolute Gasteiger partial charge is 0.307 e. The summed E-state index contributed by atoms with van der Waals surface area (Å²) in [6.45, 7) is 0. The van der Waals surface area contributed by atoms with E-state index in [0.29, 0.717) is 0 Å². The standard InChI is InChI=1S/C11H16N2O2/c1-13-7-6-12-10(13)8-4-2-3-5-9(8)11(14)15/h6-9H,2-5H2,1H3,(H,14,15). The van der Waals surface area contributed by atoms with Crippen molar-refractivity contribution in [1.82, 2.24) is 9.55 Å². The third kappa shape index (κ3) is 1.89. The molecule has 1 aromatic heterocycles. The summed E-state index contributed by atoms with van der Waals surface area (Å²) in [6, 6.07) is 0. The molecule has 0 saturated heterocycles. The van der Waals surface area contributed by atoms with Crippen molar-refractivity contribution in [2.75, 3.05) is 0 Å². The molecule has 2 atom stereocenters. The Morgan fingerprint density at radius 2 is 2.27 bits per heavy atom. The molecule has 82 valence electrons. The highest BCUT2D eigenvalue weighted by Gasteiger charge is 2.33. The summed E-state index contributed by atoms with van der Waals surface area (Å²) in [7, 11) is 1.93. The lowest BCUT2D eigenvalue weighted by Crippen LogP contribution is -2.27. The molecule has 2 rings (SSSR count). The predicted octanol–water partition coefficient (Wildman–Crippen LogP) is 1.78. The van der Waals surface area contributed by atoms with Crippen LogP contribution < -0.4 is 0 Å². The van der Waals surface area contributed by atoms with Crippen molar-refractivity contribution in [2.45, 2.75) is 31.6 Å². The summed E-state index contributed by atoms with van der Waals surface area (Å²) in [5, 5.41) is 9.16. The molecule has 4 nitrogen and oxygen atoms in total. The number of hydrogen-bond donors (Lipinski definition) is 1. The lowest BCUT2D eigenvalue weighted by atomic mass is 9.79. The maximum Gasteiger partial charge on any atom is 0.307 e. The van der Waals surface area contributed by atoms with Gasteiger partial charge in [-0.15, -0.1) is 0 Å². The van der Waals surface area contributed by atoms with Gasteiger partial charge in [0.25, 0.3) is 0 Å². The lowest BCUT2D eigenvalue weighted by molar-refractivity contribution is -0.143. The first-order chi connectivity index (χ1) is 7.20. The molecule has 0 aromatic carbocycles. The van der Waals surface area contributed by atoms with E-state index in [4.69, 9.17) is 5.11 Å². The number of carbonyl (C=O) groups is 1. The van der Waals surface area contributed by atoms with Gasteiger partial charge in [0, 0.05) is 25.4 Å². The number of rotatable bonds is 2. The van der Waals surface area contributed by atoms with E-state index >= 15 is 0 Å². The molecule has 0 aliphatic heterocycles. The molecule has 4 heteroatoms. The minimum absolute atomic E-state index is 0.0937. The van der Waals surface area contributed by atoms with E-state index < -0.39 is 5.97 Å². The number of aliphatic carboxylic acids is 1. The predicted molar refractivity (Wildman–Crippen MR) is 55.5 cm³/mol. The van der Waals surface area contributed by atoms with Gasteiger partial charge in [0.2, 0.25) is 0 Å². The van der Waals surface area contributed by atoms with Crippen molar-refractivity contribution in [3.63, 3.8) is 0 Å². The van der Waals surface area contributed by atoms with Crippen molar-refractivity contribution in [3.05, 3.63) is 18.2 Å². The van der Waals surface area contributed by atoms with Gasteiger partial charge in [0.15, 0.2) is 0 Å². The van der Waals surface area contributed by atoms with Gasteiger partial charge >= 0.3 is 5.97 Å². The third-order valence-corrected chi connectivity index (χ3v) is 3.27. The number of hydrogen-bond acceptors (Lipinski definition) is 2. The second-order valence-electron chi connectivity index (χ2n) is 4.23. The van der Waals surface area contributed by atoms with E-state index in [0.717, 1.165) is 31.5 Å². The van der Waals surface area contributed by atoms with Gasteiger partial charge in [0.1, 0.15) is 5.82 Å². The second kappa shape index (κ2) is 4.04. The summed E-state index contributed by atoms with van der Waals surface area (Å²) < 4.78 is 1.94. The quantitative estimate of drug-likeness (QED) is 0.806. The van der Waals surface area contributed by atoms with Gasteiger partial charge in [-0.1, -0.05) is 12.8 Å². The Morgan fingerprint density at radius 3 is 2.87 bits per heavy atom. The third-order valence-electron chi connectivity index (χ3n) is 3.27. The number of carboxylic acids is 1. The van der Waals surface area contributed by atoms with Crippen molar-refractivity contribution in [1.29, 1.82) is 0 Å². The molecular formula is C11H16N2O2. The summed E-state index contributed by atoms with van der Waals surface area (Å²) in [6.07, 6.45) is 7.49. The van der Waals surface area contributed by atoms with Gasteiger partial charge in [-0.2, -0.15) is 0 Å². The van der Waals surface area contributed by atoms with Crippen LogP contribution >= 0.6 is 0 Å². The molecule has 0 spiro atoms. The SMILES string of the molecule is Cn1ccnc1C1CCCCC1C(=O)O. The molecular weight excluding hydrogens is 192 g/mol. The van der Waals surface area contributed by atoms with Crippen LogP contribution in [-0.4, -0.2) is 20.6 Å². The molecule has 1 aromatic rings. The van der Waals surface area contributed by atoms with E-state index in [9.17, 15) is 4.79 Å². The maximum atomic E-state index is 11.1. The minimum Gasteiger partial charge on any atom is -0.481 e. The fraction of sp³-hybridized carbons (Fsp3) is 0.636. The van der Waals surface area contributed by atoms with Crippen LogP contribution in [0.25, 0.3) is 0 Å². The van der Waals surface area contributed by atoms with Gasteiger partial charge in [-0.3, -0.25) is 4.79 Å². The molecule has 1 fully saturated rings. The molecule has 0 bridgehead atoms. The van der Waals surface area contributed by atoms with Crippen LogP contribution in [0.4, 0.5) is 0 Å². The van der Waals surface area contributed by atoms with Gasteiger partial charge in [0.05, 0.1) is 5.92 Å². The van der Waals surface area contributed by atoms with Crippen LogP contribution in [0.2, 0.25) is 0 Å². The normalized spacial score (nSPS) is 26.5. The Balaban J connectivity index is 2.25. The Kier molecular flexibility index (Phi) is 2.75. The molecule has 1 aliphatic carbocycles. The van der Waals surface area contributed by atoms with Crippen molar-refractivity contribution >= 4 is 5.97 Å². The molecule has 15 heavy (non-hydrogen) atoms. The minimum atomic E-state index is -0.678. The highest BCUT2D eigenvalue weighted by atomic mass is 16.4. The first-order valence-corrected chi connectivity index (χ1v) is 5.40. The molecule has 0 radical (unpaired) electrons. The topological polar surface area (TPSA) is 55.1 Å². The van der Waals surface area contributed by atoms with Crippen molar-refractivity contribution in [3.8, 4) is 0 Å². The average molecular weight is 208 g/mol. The zero-order chi connectivity index (χ0) is 10.8. The second-order valence-corrected chi connectivity index (χ2v) is 4.23. The van der Waals surface area contributed by atoms with E-state index in [1.165, 1.54) is 0 Å². The lowest BCUT2D eigenvalue weighted by Gasteiger charge is -2.27. The Hall–Kier alpha value is -1.32. The number of imidazole rings is 1. The van der Waals surface area contributed by atoms with Crippen molar-refractivity contribution < 1.29 is 9.90 Å². The van der Waals surface area contributed by atoms with E-state index in [1.54, 1.807) is 6.20 Å². The maximum absolute atomic E-state index is 11.1. The highest BCUT2D eigenvalue weighted by Crippen LogP contribution is 2.36. The fourth-order valence-electron chi connectivity index (χ4n) is 2.47. The van der Waals surface area contributed by atoms with Crippen LogP contribution in [0.3, 0.4) is 0 Å². The summed E-state index contributed by atoms with van der Waals surface area (Å²) in [4.78, 5) is 15.4. The number of nitrogens with zero attached hydrogens (tertiary/aromatic N) is 2. The fourth-order valence-corrected chi connectivity index (χ4v) is 2.47. The van der Waals surface area contributed by atoms with Crippen LogP contribution in [0.5, 0.6) is 0 Å². The summed E-state index contributed by atoms with van der Waals surface area (Å²) in [5.74, 6) is 0.0842. The first-order valence-electron chi connectivity index (χ1n) is 5.40. The Labute approximate surface area is 88.9 Å². The highest BCUT2D eigenvalue weighted by molar-refractivity contribution is 5.71. The van der Waals surface area contributed by atoms with Crippen LogP contribution in [-0.2, 0) is 11.8 Å². The van der Waals surface area contributed by atoms with Crippen molar-refractivity contribution in [2.24, 2.45) is 13.0 Å². The number of aromatic nitrogens is 2. The zero-order valence-corrected chi connectivity index (χ0v) is 8.89.